The Balaban J connectivity index is 1.49. The van der Waals surface area contributed by atoms with E-state index in [1.54, 1.807) is 18.2 Å². The number of allylic oxidation sites excluding steroid dienone is 2. The van der Waals surface area contributed by atoms with E-state index >= 15 is 0 Å². The molecule has 0 atom stereocenters. The molecule has 10 heteroatoms. The first-order chi connectivity index (χ1) is 13.9. The molecule has 2 heterocycles. The van der Waals surface area contributed by atoms with Gasteiger partial charge in [-0.05, 0) is 26.2 Å². The lowest BCUT2D eigenvalue weighted by atomic mass is 10.0. The number of ether oxygens (including phenoxy) is 2. The van der Waals surface area contributed by atoms with Crippen molar-refractivity contribution in [3.05, 3.63) is 45.6 Å². The summed E-state index contributed by atoms with van der Waals surface area (Å²) in [6.07, 6.45) is 1.26. The van der Waals surface area contributed by atoms with E-state index in [4.69, 9.17) is 9.47 Å². The molecule has 1 aliphatic heterocycles. The van der Waals surface area contributed by atoms with Crippen molar-refractivity contribution in [3.8, 4) is 11.5 Å². The van der Waals surface area contributed by atoms with Gasteiger partial charge in [-0.3, -0.25) is 14.4 Å². The van der Waals surface area contributed by atoms with Crippen molar-refractivity contribution in [2.45, 2.75) is 0 Å². The van der Waals surface area contributed by atoms with Gasteiger partial charge in [0.15, 0.2) is 22.3 Å². The zero-order chi connectivity index (χ0) is 20.5. The van der Waals surface area contributed by atoms with Crippen LogP contribution in [0.5, 0.6) is 11.5 Å². The highest BCUT2D eigenvalue weighted by Crippen LogP contribution is 2.34. The van der Waals surface area contributed by atoms with Crippen LogP contribution in [-0.2, 0) is 0 Å². The summed E-state index contributed by atoms with van der Waals surface area (Å²) in [5.74, 6) is -0.109. The molecule has 150 valence electrons. The number of aromatic nitrogens is 1. The second-order valence-electron chi connectivity index (χ2n) is 6.70. The largest absolute Gasteiger partial charge is 0.454 e. The molecule has 2 aliphatic rings. The predicted molar refractivity (Wildman–Crippen MR) is 106 cm³/mol. The molecule has 0 radical (unpaired) electrons. The number of amides is 1. The highest BCUT2D eigenvalue weighted by Gasteiger charge is 2.31. The number of carbonyl (C=O) groups excluding carboxylic acids is 3. The van der Waals surface area contributed by atoms with E-state index in [1.165, 1.54) is 6.08 Å². The molecule has 0 bridgehead atoms. The summed E-state index contributed by atoms with van der Waals surface area (Å²) in [6, 6.07) is 5.00. The quantitative estimate of drug-likeness (QED) is 0.733. The van der Waals surface area contributed by atoms with E-state index < -0.39 is 11.7 Å². The fraction of sp³-hybridized carbons (Fsp3) is 0.263. The maximum atomic E-state index is 12.6. The standard InChI is InChI=1S/C19H18N4O5S/c1-23(2)6-5-20-11-8-12(24)17-15(16(11)25)22-19(29-17)18(26)21-10-3-4-13-14(7-10)28-9-27-13/h3-4,7-8,20H,5-6,9H2,1-2H3,(H,21,26). The van der Waals surface area contributed by atoms with Crippen molar-refractivity contribution in [2.75, 3.05) is 39.3 Å². The number of Topliss-reactive ketones (excluding diaryl/α,β-unsaturated/α-hetero) is 1. The number of hydrogen-bond donors (Lipinski definition) is 2. The smallest absolute Gasteiger partial charge is 0.284 e. The molecular formula is C19H18N4O5S. The van der Waals surface area contributed by atoms with Gasteiger partial charge in [-0.1, -0.05) is 0 Å². The summed E-state index contributed by atoms with van der Waals surface area (Å²) in [5, 5.41) is 5.70. The lowest BCUT2D eigenvalue weighted by molar-refractivity contribution is 0.0976. The lowest BCUT2D eigenvalue weighted by Gasteiger charge is -2.15. The third-order valence-electron chi connectivity index (χ3n) is 4.29. The maximum absolute atomic E-state index is 12.6. The summed E-state index contributed by atoms with van der Waals surface area (Å²) in [5.41, 5.74) is 0.692. The first-order valence-corrected chi connectivity index (χ1v) is 9.65. The number of anilines is 1. The van der Waals surface area contributed by atoms with Gasteiger partial charge >= 0.3 is 0 Å². The highest BCUT2D eigenvalue weighted by atomic mass is 32.1. The molecule has 1 aromatic carbocycles. The second kappa shape index (κ2) is 7.64. The zero-order valence-electron chi connectivity index (χ0n) is 15.8. The number of carbonyl (C=O) groups is 3. The highest BCUT2D eigenvalue weighted by molar-refractivity contribution is 7.16. The van der Waals surface area contributed by atoms with Crippen LogP contribution in [0.1, 0.15) is 30.0 Å². The van der Waals surface area contributed by atoms with Crippen LogP contribution in [-0.4, -0.2) is 61.3 Å². The molecule has 1 amide bonds. The molecule has 2 N–H and O–H groups in total. The molecule has 4 rings (SSSR count). The minimum Gasteiger partial charge on any atom is -0.454 e. The molecule has 0 saturated carbocycles. The number of hydrogen-bond acceptors (Lipinski definition) is 9. The summed E-state index contributed by atoms with van der Waals surface area (Å²) in [6.45, 7) is 1.34. The van der Waals surface area contributed by atoms with Gasteiger partial charge in [0.25, 0.3) is 5.91 Å². The monoisotopic (exact) mass is 414 g/mol. The van der Waals surface area contributed by atoms with Crippen LogP contribution in [0.15, 0.2) is 30.0 Å². The van der Waals surface area contributed by atoms with Crippen LogP contribution in [0.3, 0.4) is 0 Å². The van der Waals surface area contributed by atoms with Gasteiger partial charge in [0.2, 0.25) is 12.6 Å². The van der Waals surface area contributed by atoms with Gasteiger partial charge in [-0.15, -0.1) is 11.3 Å². The minimum absolute atomic E-state index is 0.00527. The molecule has 29 heavy (non-hydrogen) atoms. The number of nitrogens with zero attached hydrogens (tertiary/aromatic N) is 2. The Morgan fingerprint density at radius 1 is 1.24 bits per heavy atom. The maximum Gasteiger partial charge on any atom is 0.284 e. The van der Waals surface area contributed by atoms with Gasteiger partial charge in [0.1, 0.15) is 10.6 Å². The minimum atomic E-state index is -0.508. The van der Waals surface area contributed by atoms with Gasteiger partial charge in [-0.25, -0.2) is 4.98 Å². The topological polar surface area (TPSA) is 110 Å². The number of rotatable bonds is 6. The second-order valence-corrected chi connectivity index (χ2v) is 7.70. The Morgan fingerprint density at radius 3 is 2.83 bits per heavy atom. The van der Waals surface area contributed by atoms with E-state index in [0.717, 1.165) is 11.3 Å². The van der Waals surface area contributed by atoms with Crippen molar-refractivity contribution in [3.63, 3.8) is 0 Å². The number of ketones is 2. The van der Waals surface area contributed by atoms with E-state index in [9.17, 15) is 14.4 Å². The average molecular weight is 414 g/mol. The van der Waals surface area contributed by atoms with Gasteiger partial charge in [0.05, 0.1) is 5.70 Å². The van der Waals surface area contributed by atoms with E-state index in [2.05, 4.69) is 15.6 Å². The van der Waals surface area contributed by atoms with Gasteiger partial charge in [0, 0.05) is 30.9 Å². The molecule has 1 aliphatic carbocycles. The van der Waals surface area contributed by atoms with Crippen molar-refractivity contribution in [1.82, 2.24) is 15.2 Å². The predicted octanol–water partition coefficient (Wildman–Crippen LogP) is 1.54. The average Bonchev–Trinajstić information content (AvgIpc) is 3.32. The molecular weight excluding hydrogens is 396 g/mol. The first kappa shape index (κ1) is 19.1. The lowest BCUT2D eigenvalue weighted by Crippen LogP contribution is -2.31. The Kier molecular flexibility index (Phi) is 5.03. The van der Waals surface area contributed by atoms with Gasteiger partial charge < -0.3 is 25.0 Å². The van der Waals surface area contributed by atoms with Gasteiger partial charge in [-0.2, -0.15) is 0 Å². The molecule has 2 aromatic rings. The third kappa shape index (κ3) is 3.84. The molecule has 0 fully saturated rings. The van der Waals surface area contributed by atoms with Crippen molar-refractivity contribution < 1.29 is 23.9 Å². The van der Waals surface area contributed by atoms with Crippen molar-refractivity contribution >= 4 is 34.5 Å². The summed E-state index contributed by atoms with van der Waals surface area (Å²) < 4.78 is 10.5. The number of likely N-dealkylation sites (N-methyl/N-ethyl adjacent to an activating group) is 1. The van der Waals surface area contributed by atoms with Crippen LogP contribution in [0.25, 0.3) is 0 Å². The Hall–Kier alpha value is -3.24. The molecule has 1 aromatic heterocycles. The Labute approximate surface area is 170 Å². The van der Waals surface area contributed by atoms with Crippen molar-refractivity contribution in [2.24, 2.45) is 0 Å². The van der Waals surface area contributed by atoms with Crippen LogP contribution >= 0.6 is 11.3 Å². The Morgan fingerprint density at radius 2 is 2.03 bits per heavy atom. The Bertz CT molecular complexity index is 1040. The molecule has 9 nitrogen and oxygen atoms in total. The van der Waals surface area contributed by atoms with E-state index in [0.29, 0.717) is 30.3 Å². The van der Waals surface area contributed by atoms with Crippen LogP contribution < -0.4 is 20.1 Å². The third-order valence-corrected chi connectivity index (χ3v) is 5.35. The fourth-order valence-corrected chi connectivity index (χ4v) is 3.70. The number of fused-ring (bicyclic) bond motifs is 2. The normalized spacial score (nSPS) is 14.7. The summed E-state index contributed by atoms with van der Waals surface area (Å²) in [7, 11) is 3.82. The fourth-order valence-electron chi connectivity index (χ4n) is 2.83. The molecule has 0 unspecified atom stereocenters. The SMILES string of the molecule is CN(C)CCNC1=CC(=O)c2sc(C(=O)Nc3ccc4c(c3)OCO4)nc2C1=O. The van der Waals surface area contributed by atoms with E-state index in [-0.39, 0.29) is 33.9 Å². The summed E-state index contributed by atoms with van der Waals surface area (Å²) in [4.78, 5) is 43.9. The zero-order valence-corrected chi connectivity index (χ0v) is 16.6. The number of nitrogens with one attached hydrogen (secondary N) is 2. The summed E-state index contributed by atoms with van der Waals surface area (Å²) >= 11 is 0.901. The van der Waals surface area contributed by atoms with E-state index in [1.807, 2.05) is 19.0 Å². The number of thiazole rings is 1. The van der Waals surface area contributed by atoms with Crippen LogP contribution in [0.4, 0.5) is 5.69 Å². The number of benzene rings is 1. The molecule has 0 saturated heterocycles. The molecule has 0 spiro atoms. The first-order valence-electron chi connectivity index (χ1n) is 8.83. The van der Waals surface area contributed by atoms with Crippen molar-refractivity contribution in [1.29, 1.82) is 0 Å². The van der Waals surface area contributed by atoms with Crippen LogP contribution in [0, 0.1) is 0 Å². The van der Waals surface area contributed by atoms with Crippen LogP contribution in [0.2, 0.25) is 0 Å².